The molecule has 1 aliphatic heterocycles. The van der Waals surface area contributed by atoms with Crippen LogP contribution in [0.1, 0.15) is 62.7 Å². The molecule has 1 heterocycles. The van der Waals surface area contributed by atoms with Gasteiger partial charge in [-0.15, -0.1) is 0 Å². The zero-order valence-corrected chi connectivity index (χ0v) is 17.9. The molecule has 162 valence electrons. The summed E-state index contributed by atoms with van der Waals surface area (Å²) in [7, 11) is 1.31. The Balaban J connectivity index is 1.58. The smallest absolute Gasteiger partial charge is 0.307 e. The van der Waals surface area contributed by atoms with Crippen LogP contribution in [0.4, 0.5) is 0 Å². The van der Waals surface area contributed by atoms with E-state index in [0.717, 1.165) is 16.7 Å². The lowest BCUT2D eigenvalue weighted by atomic mass is 10.0. The fourth-order valence-corrected chi connectivity index (χ4v) is 3.57. The Kier molecular flexibility index (Phi) is 6.84. The van der Waals surface area contributed by atoms with Crippen LogP contribution in [0.5, 0.6) is 0 Å². The number of hydrogen-bond donors (Lipinski definition) is 1. The minimum Gasteiger partial charge on any atom is -0.469 e. The van der Waals surface area contributed by atoms with Crippen molar-refractivity contribution < 1.29 is 23.9 Å². The minimum absolute atomic E-state index is 0.0169. The van der Waals surface area contributed by atoms with E-state index in [1.807, 2.05) is 38.1 Å². The molecular weight excluding hydrogens is 396 g/mol. The largest absolute Gasteiger partial charge is 0.469 e. The molecule has 0 radical (unpaired) electrons. The highest BCUT2D eigenvalue weighted by Gasteiger charge is 2.35. The van der Waals surface area contributed by atoms with Gasteiger partial charge in [0, 0.05) is 13.0 Å². The second-order valence-corrected chi connectivity index (χ2v) is 7.73. The Bertz CT molecular complexity index is 1010. The van der Waals surface area contributed by atoms with Gasteiger partial charge in [-0.25, -0.2) is 0 Å². The summed E-state index contributed by atoms with van der Waals surface area (Å²) >= 11 is 0. The third-order valence-corrected chi connectivity index (χ3v) is 5.33. The van der Waals surface area contributed by atoms with Crippen LogP contribution in [0.3, 0.4) is 0 Å². The zero-order chi connectivity index (χ0) is 22.5. The number of benzene rings is 2. The average Bonchev–Trinajstić information content (AvgIpc) is 2.97. The first kappa shape index (κ1) is 22.2. The van der Waals surface area contributed by atoms with Crippen molar-refractivity contribution in [1.29, 1.82) is 0 Å². The Morgan fingerprint density at radius 3 is 2.29 bits per heavy atom. The van der Waals surface area contributed by atoms with Crippen LogP contribution < -0.4 is 5.32 Å². The molecule has 0 aliphatic carbocycles. The third-order valence-electron chi connectivity index (χ3n) is 5.33. The van der Waals surface area contributed by atoms with Crippen molar-refractivity contribution in [2.75, 3.05) is 13.7 Å². The van der Waals surface area contributed by atoms with Gasteiger partial charge < -0.3 is 10.1 Å². The van der Waals surface area contributed by atoms with Crippen LogP contribution in [0.25, 0.3) is 0 Å². The van der Waals surface area contributed by atoms with Gasteiger partial charge in [-0.2, -0.15) is 0 Å². The van der Waals surface area contributed by atoms with E-state index in [4.69, 9.17) is 4.74 Å². The summed E-state index contributed by atoms with van der Waals surface area (Å²) in [5, 5.41) is 2.86. The average molecular weight is 422 g/mol. The molecule has 0 saturated heterocycles. The van der Waals surface area contributed by atoms with Gasteiger partial charge in [-0.1, -0.05) is 41.5 Å². The number of rotatable bonds is 8. The standard InChI is InChI=1S/C24H26N2O5/c1-15-6-9-17(10-7-15)20(14-22(28)31-3)25-21(27)5-4-12-26-23(29)18-11-8-16(2)13-19(18)24(26)30/h6-11,13,20H,4-5,12,14H2,1-3H3,(H,25,27). The van der Waals surface area contributed by atoms with Crippen molar-refractivity contribution in [1.82, 2.24) is 10.2 Å². The lowest BCUT2D eigenvalue weighted by Crippen LogP contribution is -2.33. The fourth-order valence-electron chi connectivity index (χ4n) is 3.57. The molecule has 1 aliphatic rings. The second-order valence-electron chi connectivity index (χ2n) is 7.73. The van der Waals surface area contributed by atoms with Gasteiger partial charge in [0.05, 0.1) is 30.7 Å². The van der Waals surface area contributed by atoms with E-state index in [9.17, 15) is 19.2 Å². The number of methoxy groups -OCH3 is 1. The lowest BCUT2D eigenvalue weighted by molar-refractivity contribution is -0.141. The Hall–Kier alpha value is -3.48. The number of carbonyl (C=O) groups excluding carboxylic acids is 4. The van der Waals surface area contributed by atoms with Crippen molar-refractivity contribution in [2.45, 2.75) is 39.2 Å². The molecule has 0 aromatic heterocycles. The van der Waals surface area contributed by atoms with Gasteiger partial charge in [0.15, 0.2) is 0 Å². The molecule has 0 saturated carbocycles. The van der Waals surface area contributed by atoms with Gasteiger partial charge in [0.1, 0.15) is 0 Å². The molecule has 1 unspecified atom stereocenters. The Labute approximate surface area is 181 Å². The number of fused-ring (bicyclic) bond motifs is 1. The highest BCUT2D eigenvalue weighted by atomic mass is 16.5. The van der Waals surface area contributed by atoms with Crippen molar-refractivity contribution >= 4 is 23.7 Å². The quantitative estimate of drug-likeness (QED) is 0.521. The normalized spacial score (nSPS) is 13.7. The molecule has 0 spiro atoms. The zero-order valence-electron chi connectivity index (χ0n) is 17.9. The first-order chi connectivity index (χ1) is 14.8. The van der Waals surface area contributed by atoms with E-state index in [0.29, 0.717) is 17.5 Å². The summed E-state index contributed by atoms with van der Waals surface area (Å²) in [5.74, 6) is -1.34. The maximum atomic E-state index is 12.5. The maximum Gasteiger partial charge on any atom is 0.307 e. The summed E-state index contributed by atoms with van der Waals surface area (Å²) in [6, 6.07) is 12.2. The molecular formula is C24H26N2O5. The van der Waals surface area contributed by atoms with Crippen molar-refractivity contribution in [2.24, 2.45) is 0 Å². The van der Waals surface area contributed by atoms with Crippen LogP contribution in [0.2, 0.25) is 0 Å². The summed E-state index contributed by atoms with van der Waals surface area (Å²) < 4.78 is 4.75. The van der Waals surface area contributed by atoms with Crippen LogP contribution >= 0.6 is 0 Å². The monoisotopic (exact) mass is 422 g/mol. The number of amides is 3. The molecule has 7 nitrogen and oxygen atoms in total. The molecule has 1 atom stereocenters. The third kappa shape index (κ3) is 5.17. The molecule has 1 N–H and O–H groups in total. The summed E-state index contributed by atoms with van der Waals surface area (Å²) in [6.45, 7) is 3.98. The molecule has 3 amide bonds. The van der Waals surface area contributed by atoms with Gasteiger partial charge >= 0.3 is 5.97 Å². The van der Waals surface area contributed by atoms with Crippen molar-refractivity contribution in [3.63, 3.8) is 0 Å². The maximum absolute atomic E-state index is 12.5. The molecule has 0 fully saturated rings. The molecule has 7 heteroatoms. The van der Waals surface area contributed by atoms with Crippen molar-refractivity contribution in [3.8, 4) is 0 Å². The molecule has 2 aromatic rings. The van der Waals surface area contributed by atoms with Gasteiger partial charge in [-0.3, -0.25) is 24.1 Å². The lowest BCUT2D eigenvalue weighted by Gasteiger charge is -2.19. The molecule has 31 heavy (non-hydrogen) atoms. The van der Waals surface area contributed by atoms with E-state index in [-0.39, 0.29) is 37.1 Å². The number of imide groups is 1. The number of aryl methyl sites for hydroxylation is 2. The predicted octanol–water partition coefficient (Wildman–Crippen LogP) is 3.10. The summed E-state index contributed by atoms with van der Waals surface area (Å²) in [6.07, 6.45) is 0.466. The number of esters is 1. The number of hydrogen-bond acceptors (Lipinski definition) is 5. The van der Waals surface area contributed by atoms with E-state index >= 15 is 0 Å². The molecule has 3 rings (SSSR count). The van der Waals surface area contributed by atoms with Gasteiger partial charge in [0.2, 0.25) is 5.91 Å². The SMILES string of the molecule is COC(=O)CC(NC(=O)CCCN1C(=O)c2ccc(C)cc2C1=O)c1ccc(C)cc1. The summed E-state index contributed by atoms with van der Waals surface area (Å²) in [4.78, 5) is 50.5. The second kappa shape index (κ2) is 9.55. The molecule has 2 aromatic carbocycles. The first-order valence-corrected chi connectivity index (χ1v) is 10.2. The van der Waals surface area contributed by atoms with Gasteiger partial charge in [-0.05, 0) is 38.0 Å². The van der Waals surface area contributed by atoms with Crippen LogP contribution in [0.15, 0.2) is 42.5 Å². The fraction of sp³-hybridized carbons (Fsp3) is 0.333. The van der Waals surface area contributed by atoms with E-state index in [1.165, 1.54) is 12.0 Å². The minimum atomic E-state index is -0.511. The van der Waals surface area contributed by atoms with Crippen LogP contribution in [-0.2, 0) is 14.3 Å². The van der Waals surface area contributed by atoms with Crippen molar-refractivity contribution in [3.05, 3.63) is 70.3 Å². The van der Waals surface area contributed by atoms with E-state index in [1.54, 1.807) is 18.2 Å². The number of carbonyl (C=O) groups is 4. The summed E-state index contributed by atoms with van der Waals surface area (Å²) in [5.41, 5.74) is 3.60. The predicted molar refractivity (Wildman–Crippen MR) is 114 cm³/mol. The van der Waals surface area contributed by atoms with Crippen LogP contribution in [0, 0.1) is 13.8 Å². The first-order valence-electron chi connectivity index (χ1n) is 10.2. The Morgan fingerprint density at radius 1 is 0.968 bits per heavy atom. The van der Waals surface area contributed by atoms with E-state index in [2.05, 4.69) is 5.32 Å². The number of ether oxygens (including phenoxy) is 1. The number of nitrogens with zero attached hydrogens (tertiary/aromatic N) is 1. The number of nitrogens with one attached hydrogen (secondary N) is 1. The van der Waals surface area contributed by atoms with Crippen LogP contribution in [-0.4, -0.2) is 42.2 Å². The molecule has 0 bridgehead atoms. The topological polar surface area (TPSA) is 92.8 Å². The van der Waals surface area contributed by atoms with Gasteiger partial charge in [0.25, 0.3) is 11.8 Å². The highest BCUT2D eigenvalue weighted by Crippen LogP contribution is 2.24. The highest BCUT2D eigenvalue weighted by molar-refractivity contribution is 6.21. The Morgan fingerprint density at radius 2 is 1.61 bits per heavy atom. The van der Waals surface area contributed by atoms with E-state index < -0.39 is 12.0 Å².